The van der Waals surface area contributed by atoms with Gasteiger partial charge in [0.25, 0.3) is 0 Å². The molecule has 0 aliphatic heterocycles. The SMILES string of the molecule is CCC(CC)c1oc(C=O)cc1Br. The molecule has 0 saturated heterocycles. The van der Waals surface area contributed by atoms with Gasteiger partial charge in [0.2, 0.25) is 0 Å². The predicted molar refractivity (Wildman–Crippen MR) is 55.1 cm³/mol. The smallest absolute Gasteiger partial charge is 0.185 e. The van der Waals surface area contributed by atoms with Crippen LogP contribution in [0.5, 0.6) is 0 Å². The van der Waals surface area contributed by atoms with Crippen LogP contribution in [-0.2, 0) is 0 Å². The minimum atomic E-state index is 0.397. The van der Waals surface area contributed by atoms with Crippen LogP contribution in [0.4, 0.5) is 0 Å². The molecule has 0 aliphatic rings. The maximum atomic E-state index is 10.5. The third-order valence-corrected chi connectivity index (χ3v) is 2.82. The normalized spacial score (nSPS) is 10.8. The van der Waals surface area contributed by atoms with Crippen LogP contribution in [0.25, 0.3) is 0 Å². The zero-order valence-corrected chi connectivity index (χ0v) is 9.43. The standard InChI is InChI=1S/C10H13BrO2/c1-3-7(4-2)10-9(11)5-8(6-12)13-10/h5-7H,3-4H2,1-2H3. The Morgan fingerprint density at radius 1 is 1.54 bits per heavy atom. The molecule has 2 nitrogen and oxygen atoms in total. The van der Waals surface area contributed by atoms with Crippen LogP contribution < -0.4 is 0 Å². The molecule has 0 N–H and O–H groups in total. The fraction of sp³-hybridized carbons (Fsp3) is 0.500. The predicted octanol–water partition coefficient (Wildman–Crippen LogP) is 3.76. The lowest BCUT2D eigenvalue weighted by atomic mass is 10.0. The Balaban J connectivity index is 2.98. The van der Waals surface area contributed by atoms with E-state index in [0.29, 0.717) is 11.7 Å². The summed E-state index contributed by atoms with van der Waals surface area (Å²) in [5.41, 5.74) is 0. The summed E-state index contributed by atoms with van der Waals surface area (Å²) >= 11 is 3.39. The van der Waals surface area contributed by atoms with E-state index in [1.807, 2.05) is 0 Å². The minimum Gasteiger partial charge on any atom is -0.457 e. The summed E-state index contributed by atoms with van der Waals surface area (Å²) in [4.78, 5) is 10.5. The Morgan fingerprint density at radius 3 is 2.54 bits per heavy atom. The topological polar surface area (TPSA) is 30.2 Å². The lowest BCUT2D eigenvalue weighted by Gasteiger charge is -2.08. The highest BCUT2D eigenvalue weighted by atomic mass is 79.9. The van der Waals surface area contributed by atoms with Crippen molar-refractivity contribution in [2.45, 2.75) is 32.6 Å². The molecule has 72 valence electrons. The van der Waals surface area contributed by atoms with E-state index in [0.717, 1.165) is 29.4 Å². The van der Waals surface area contributed by atoms with E-state index in [4.69, 9.17) is 4.42 Å². The van der Waals surface area contributed by atoms with Gasteiger partial charge in [0.05, 0.1) is 4.47 Å². The zero-order chi connectivity index (χ0) is 9.84. The second-order valence-corrected chi connectivity index (χ2v) is 3.85. The van der Waals surface area contributed by atoms with E-state index < -0.39 is 0 Å². The Labute approximate surface area is 86.4 Å². The van der Waals surface area contributed by atoms with E-state index in [2.05, 4.69) is 29.8 Å². The number of carbonyl (C=O) groups is 1. The molecule has 0 atom stereocenters. The van der Waals surface area contributed by atoms with Crippen molar-refractivity contribution in [3.63, 3.8) is 0 Å². The summed E-state index contributed by atoms with van der Waals surface area (Å²) in [5, 5.41) is 0. The van der Waals surface area contributed by atoms with Crippen molar-refractivity contribution in [2.24, 2.45) is 0 Å². The Kier molecular flexibility index (Phi) is 3.72. The van der Waals surface area contributed by atoms with Gasteiger partial charge in [-0.15, -0.1) is 0 Å². The summed E-state index contributed by atoms with van der Waals surface area (Å²) in [7, 11) is 0. The molecule has 1 aromatic heterocycles. The van der Waals surface area contributed by atoms with Gasteiger partial charge in [0.15, 0.2) is 12.0 Å². The van der Waals surface area contributed by atoms with E-state index in [1.54, 1.807) is 6.07 Å². The van der Waals surface area contributed by atoms with Crippen LogP contribution in [0.2, 0.25) is 0 Å². The largest absolute Gasteiger partial charge is 0.457 e. The van der Waals surface area contributed by atoms with Crippen molar-refractivity contribution in [1.82, 2.24) is 0 Å². The van der Waals surface area contributed by atoms with Gasteiger partial charge in [0.1, 0.15) is 5.76 Å². The summed E-state index contributed by atoms with van der Waals surface area (Å²) in [5.74, 6) is 1.70. The molecule has 0 bridgehead atoms. The molecule has 0 aliphatic carbocycles. The first kappa shape index (κ1) is 10.5. The van der Waals surface area contributed by atoms with Crippen molar-refractivity contribution < 1.29 is 9.21 Å². The molecular weight excluding hydrogens is 232 g/mol. The Hall–Kier alpha value is -0.570. The highest BCUT2D eigenvalue weighted by molar-refractivity contribution is 9.10. The average Bonchev–Trinajstić information content (AvgIpc) is 2.50. The molecule has 1 aromatic rings. The first-order valence-electron chi connectivity index (χ1n) is 4.47. The molecule has 0 saturated carbocycles. The third kappa shape index (κ3) is 2.21. The molecule has 3 heteroatoms. The number of carbonyl (C=O) groups excluding carboxylic acids is 1. The van der Waals surface area contributed by atoms with Crippen LogP contribution >= 0.6 is 15.9 Å². The van der Waals surface area contributed by atoms with Gasteiger partial charge in [-0.3, -0.25) is 4.79 Å². The van der Waals surface area contributed by atoms with Gasteiger partial charge in [-0.25, -0.2) is 0 Å². The summed E-state index contributed by atoms with van der Waals surface area (Å²) in [6.07, 6.45) is 2.79. The maximum Gasteiger partial charge on any atom is 0.185 e. The fourth-order valence-corrected chi connectivity index (χ4v) is 2.03. The highest BCUT2D eigenvalue weighted by Gasteiger charge is 2.16. The molecule has 0 spiro atoms. The van der Waals surface area contributed by atoms with Gasteiger partial charge in [0, 0.05) is 12.0 Å². The number of halogens is 1. The Bertz CT molecular complexity index is 287. The van der Waals surface area contributed by atoms with Crippen LogP contribution in [0.3, 0.4) is 0 Å². The second-order valence-electron chi connectivity index (χ2n) is 2.99. The number of rotatable bonds is 4. The van der Waals surface area contributed by atoms with E-state index in [1.165, 1.54) is 0 Å². The molecule has 1 heterocycles. The van der Waals surface area contributed by atoms with Gasteiger partial charge in [-0.05, 0) is 28.8 Å². The molecule has 0 aromatic carbocycles. The molecular formula is C10H13BrO2. The average molecular weight is 245 g/mol. The van der Waals surface area contributed by atoms with Gasteiger partial charge in [-0.2, -0.15) is 0 Å². The van der Waals surface area contributed by atoms with Crippen LogP contribution in [0.1, 0.15) is 48.9 Å². The lowest BCUT2D eigenvalue weighted by molar-refractivity contribution is 0.109. The van der Waals surface area contributed by atoms with Gasteiger partial charge >= 0.3 is 0 Å². The zero-order valence-electron chi connectivity index (χ0n) is 7.84. The van der Waals surface area contributed by atoms with E-state index in [9.17, 15) is 4.79 Å². The summed E-state index contributed by atoms with van der Waals surface area (Å²) < 4.78 is 6.30. The van der Waals surface area contributed by atoms with Crippen molar-refractivity contribution in [3.8, 4) is 0 Å². The molecule has 13 heavy (non-hydrogen) atoms. The number of aldehydes is 1. The summed E-state index contributed by atoms with van der Waals surface area (Å²) in [6.45, 7) is 4.23. The number of hydrogen-bond donors (Lipinski definition) is 0. The molecule has 0 fully saturated rings. The van der Waals surface area contributed by atoms with Crippen molar-refractivity contribution in [3.05, 3.63) is 22.1 Å². The van der Waals surface area contributed by atoms with E-state index >= 15 is 0 Å². The fourth-order valence-electron chi connectivity index (χ4n) is 1.40. The molecule has 0 radical (unpaired) electrons. The number of furan rings is 1. The molecule has 0 unspecified atom stereocenters. The first-order chi connectivity index (χ1) is 6.22. The summed E-state index contributed by atoms with van der Waals surface area (Å²) in [6, 6.07) is 1.72. The van der Waals surface area contributed by atoms with Crippen LogP contribution in [0, 0.1) is 0 Å². The maximum absolute atomic E-state index is 10.5. The van der Waals surface area contributed by atoms with E-state index in [-0.39, 0.29) is 0 Å². The van der Waals surface area contributed by atoms with Crippen LogP contribution in [-0.4, -0.2) is 6.29 Å². The first-order valence-corrected chi connectivity index (χ1v) is 5.26. The van der Waals surface area contributed by atoms with Crippen LogP contribution in [0.15, 0.2) is 15.0 Å². The van der Waals surface area contributed by atoms with Gasteiger partial charge < -0.3 is 4.42 Å². The molecule has 1 rings (SSSR count). The van der Waals surface area contributed by atoms with Crippen molar-refractivity contribution >= 4 is 22.2 Å². The quantitative estimate of drug-likeness (QED) is 0.756. The molecule has 0 amide bonds. The third-order valence-electron chi connectivity index (χ3n) is 2.20. The second kappa shape index (κ2) is 4.61. The van der Waals surface area contributed by atoms with Crippen molar-refractivity contribution in [1.29, 1.82) is 0 Å². The van der Waals surface area contributed by atoms with Gasteiger partial charge in [-0.1, -0.05) is 13.8 Å². The van der Waals surface area contributed by atoms with Crippen molar-refractivity contribution in [2.75, 3.05) is 0 Å². The minimum absolute atomic E-state index is 0.397. The Morgan fingerprint density at radius 2 is 2.15 bits per heavy atom. The highest BCUT2D eigenvalue weighted by Crippen LogP contribution is 2.31. The lowest BCUT2D eigenvalue weighted by Crippen LogP contribution is -1.93. The number of hydrogen-bond acceptors (Lipinski definition) is 2. The monoisotopic (exact) mass is 244 g/mol.